The van der Waals surface area contributed by atoms with Crippen molar-refractivity contribution in [3.63, 3.8) is 0 Å². The molecular formula is C12H9N5O2S3. The minimum absolute atomic E-state index is 0.0226. The lowest BCUT2D eigenvalue weighted by Gasteiger charge is -2.00. The molecule has 10 heteroatoms. The molecule has 0 fully saturated rings. The molecule has 1 aromatic carbocycles. The van der Waals surface area contributed by atoms with E-state index >= 15 is 0 Å². The zero-order chi connectivity index (χ0) is 15.4. The first-order valence-corrected chi connectivity index (χ1v) is 8.55. The van der Waals surface area contributed by atoms with E-state index in [-0.39, 0.29) is 5.00 Å². The first-order chi connectivity index (χ1) is 10.7. The van der Waals surface area contributed by atoms with Gasteiger partial charge < -0.3 is 5.32 Å². The average molecular weight is 351 g/mol. The van der Waals surface area contributed by atoms with Gasteiger partial charge in [-0.3, -0.25) is 10.1 Å². The van der Waals surface area contributed by atoms with Crippen molar-refractivity contribution in [1.82, 2.24) is 15.2 Å². The van der Waals surface area contributed by atoms with Crippen LogP contribution in [0.5, 0.6) is 0 Å². The van der Waals surface area contributed by atoms with E-state index < -0.39 is 4.92 Å². The lowest BCUT2D eigenvalue weighted by Crippen LogP contribution is -1.98. The molecule has 1 N–H and O–H groups in total. The van der Waals surface area contributed by atoms with Gasteiger partial charge >= 0.3 is 5.00 Å². The Kier molecular flexibility index (Phi) is 4.61. The van der Waals surface area contributed by atoms with Crippen molar-refractivity contribution in [2.24, 2.45) is 0 Å². The van der Waals surface area contributed by atoms with Crippen molar-refractivity contribution in [2.75, 3.05) is 5.32 Å². The third-order valence-electron chi connectivity index (χ3n) is 2.52. The quantitative estimate of drug-likeness (QED) is 0.535. The Hall–Kier alpha value is -2.04. The van der Waals surface area contributed by atoms with E-state index in [1.807, 2.05) is 30.3 Å². The summed E-state index contributed by atoms with van der Waals surface area (Å²) in [5, 5.41) is 22.6. The monoisotopic (exact) mass is 351 g/mol. The molecule has 0 unspecified atom stereocenters. The van der Waals surface area contributed by atoms with E-state index in [0.29, 0.717) is 20.4 Å². The second-order valence-corrected chi connectivity index (χ2v) is 7.52. The lowest BCUT2D eigenvalue weighted by molar-refractivity contribution is -0.380. The molecule has 3 rings (SSSR count). The second-order valence-electron chi connectivity index (χ2n) is 4.04. The van der Waals surface area contributed by atoms with Crippen LogP contribution in [0.1, 0.15) is 5.56 Å². The number of hydrogen-bond acceptors (Lipinski definition) is 9. The van der Waals surface area contributed by atoms with E-state index in [1.54, 1.807) is 0 Å². The number of rotatable bonds is 6. The van der Waals surface area contributed by atoms with E-state index in [1.165, 1.54) is 29.3 Å². The third-order valence-corrected chi connectivity index (χ3v) is 5.48. The molecule has 3 aromatic rings. The predicted molar refractivity (Wildman–Crippen MR) is 86.6 cm³/mol. The van der Waals surface area contributed by atoms with Crippen molar-refractivity contribution in [3.05, 3.63) is 52.2 Å². The number of nitro groups is 1. The summed E-state index contributed by atoms with van der Waals surface area (Å²) in [6.07, 6.45) is 1.25. The average Bonchev–Trinajstić information content (AvgIpc) is 3.16. The van der Waals surface area contributed by atoms with Gasteiger partial charge in [0.1, 0.15) is 6.20 Å². The SMILES string of the molecule is O=[N+]([O-])c1cnc(Sc2nnc(NCc3ccccc3)s2)s1. The van der Waals surface area contributed by atoms with Crippen molar-refractivity contribution >= 4 is 44.6 Å². The standard InChI is InChI=1S/C12H9N5O2S3/c18-17(19)9-7-14-11(20-9)22-12-16-15-10(21-12)13-6-8-4-2-1-3-5-8/h1-5,7H,6H2,(H,13,15). The molecule has 0 aliphatic carbocycles. The van der Waals surface area contributed by atoms with E-state index in [2.05, 4.69) is 20.5 Å². The summed E-state index contributed by atoms with van der Waals surface area (Å²) < 4.78 is 1.28. The van der Waals surface area contributed by atoms with Crippen LogP contribution in [0.15, 0.2) is 45.2 Å². The first-order valence-electron chi connectivity index (χ1n) is 6.10. The first kappa shape index (κ1) is 14.9. The van der Waals surface area contributed by atoms with Gasteiger partial charge in [0.2, 0.25) is 5.13 Å². The molecule has 0 aliphatic heterocycles. The Balaban J connectivity index is 1.59. The molecule has 0 atom stereocenters. The number of anilines is 1. The Labute approximate surface area is 137 Å². The van der Waals surface area contributed by atoms with Crippen molar-refractivity contribution in [1.29, 1.82) is 0 Å². The summed E-state index contributed by atoms with van der Waals surface area (Å²) in [7, 11) is 0. The zero-order valence-electron chi connectivity index (χ0n) is 11.0. The number of hydrogen-bond donors (Lipinski definition) is 1. The van der Waals surface area contributed by atoms with Gasteiger partial charge in [-0.2, -0.15) is 0 Å². The largest absolute Gasteiger partial charge is 0.356 e. The summed E-state index contributed by atoms with van der Waals surface area (Å²) >= 11 is 3.69. The summed E-state index contributed by atoms with van der Waals surface area (Å²) in [6.45, 7) is 0.670. The maximum absolute atomic E-state index is 10.6. The molecular weight excluding hydrogens is 342 g/mol. The van der Waals surface area contributed by atoms with Gasteiger partial charge in [0.25, 0.3) is 0 Å². The molecule has 0 saturated carbocycles. The fourth-order valence-corrected chi connectivity index (χ4v) is 4.28. The Morgan fingerprint density at radius 2 is 2.00 bits per heavy atom. The summed E-state index contributed by atoms with van der Waals surface area (Å²) in [6, 6.07) is 9.98. The molecule has 112 valence electrons. The Morgan fingerprint density at radius 3 is 2.73 bits per heavy atom. The van der Waals surface area contributed by atoms with Gasteiger partial charge in [0.15, 0.2) is 8.68 Å². The number of thiazole rings is 1. The molecule has 22 heavy (non-hydrogen) atoms. The number of benzene rings is 1. The molecule has 0 aliphatic rings. The maximum atomic E-state index is 10.6. The molecule has 0 spiro atoms. The highest BCUT2D eigenvalue weighted by atomic mass is 32.2. The van der Waals surface area contributed by atoms with Crippen LogP contribution >= 0.6 is 34.4 Å². The molecule has 0 radical (unpaired) electrons. The summed E-state index contributed by atoms with van der Waals surface area (Å²) in [4.78, 5) is 14.2. The van der Waals surface area contributed by atoms with Crippen LogP contribution in [0, 0.1) is 10.1 Å². The van der Waals surface area contributed by atoms with Crippen LogP contribution < -0.4 is 5.32 Å². The molecule has 0 saturated heterocycles. The van der Waals surface area contributed by atoms with Gasteiger partial charge in [0.05, 0.1) is 4.92 Å². The fourth-order valence-electron chi connectivity index (χ4n) is 1.55. The van der Waals surface area contributed by atoms with E-state index in [0.717, 1.165) is 16.9 Å². The van der Waals surface area contributed by atoms with E-state index in [9.17, 15) is 10.1 Å². The number of nitrogens with zero attached hydrogens (tertiary/aromatic N) is 4. The van der Waals surface area contributed by atoms with Crippen molar-refractivity contribution in [2.45, 2.75) is 15.2 Å². The highest BCUT2D eigenvalue weighted by Crippen LogP contribution is 2.36. The summed E-state index contributed by atoms with van der Waals surface area (Å²) in [5.41, 5.74) is 1.16. The molecule has 2 heterocycles. The minimum Gasteiger partial charge on any atom is -0.356 e. The van der Waals surface area contributed by atoms with Crippen LogP contribution in [0.2, 0.25) is 0 Å². The summed E-state index contributed by atoms with van der Waals surface area (Å²) in [5.74, 6) is 0. The number of nitrogens with one attached hydrogen (secondary N) is 1. The topological polar surface area (TPSA) is 93.8 Å². The molecule has 0 bridgehead atoms. The minimum atomic E-state index is -0.450. The molecule has 0 amide bonds. The van der Waals surface area contributed by atoms with Crippen molar-refractivity contribution in [3.8, 4) is 0 Å². The van der Waals surface area contributed by atoms with Crippen LogP contribution in [-0.4, -0.2) is 20.1 Å². The molecule has 7 nitrogen and oxygen atoms in total. The maximum Gasteiger partial charge on any atom is 0.344 e. The normalized spacial score (nSPS) is 10.5. The van der Waals surface area contributed by atoms with Gasteiger partial charge in [-0.15, -0.1) is 10.2 Å². The predicted octanol–water partition coefficient (Wildman–Crippen LogP) is 3.67. The van der Waals surface area contributed by atoms with Crippen LogP contribution in [0.4, 0.5) is 10.1 Å². The Bertz CT molecular complexity index is 774. The lowest BCUT2D eigenvalue weighted by atomic mass is 10.2. The van der Waals surface area contributed by atoms with Crippen molar-refractivity contribution < 1.29 is 4.92 Å². The van der Waals surface area contributed by atoms with Crippen LogP contribution in [0.25, 0.3) is 0 Å². The van der Waals surface area contributed by atoms with Gasteiger partial charge in [-0.25, -0.2) is 4.98 Å². The van der Waals surface area contributed by atoms with Gasteiger partial charge in [-0.1, -0.05) is 41.7 Å². The Morgan fingerprint density at radius 1 is 1.18 bits per heavy atom. The van der Waals surface area contributed by atoms with Crippen LogP contribution in [-0.2, 0) is 6.54 Å². The molecule has 2 aromatic heterocycles. The zero-order valence-corrected chi connectivity index (χ0v) is 13.5. The third kappa shape index (κ3) is 3.78. The highest BCUT2D eigenvalue weighted by Gasteiger charge is 2.14. The smallest absolute Gasteiger partial charge is 0.344 e. The van der Waals surface area contributed by atoms with Gasteiger partial charge in [-0.05, 0) is 28.7 Å². The fraction of sp³-hybridized carbons (Fsp3) is 0.0833. The van der Waals surface area contributed by atoms with Crippen LogP contribution in [0.3, 0.4) is 0 Å². The number of aromatic nitrogens is 3. The van der Waals surface area contributed by atoms with E-state index in [4.69, 9.17) is 0 Å². The highest BCUT2D eigenvalue weighted by molar-refractivity contribution is 8.02. The second kappa shape index (κ2) is 6.81. The van der Waals surface area contributed by atoms with Gasteiger partial charge in [0, 0.05) is 6.54 Å².